The predicted octanol–water partition coefficient (Wildman–Crippen LogP) is 1.15. The maximum atomic E-state index is 11.5. The highest BCUT2D eigenvalue weighted by Crippen LogP contribution is 2.15. The summed E-state index contributed by atoms with van der Waals surface area (Å²) in [6.45, 7) is 0.0734. The van der Waals surface area contributed by atoms with Gasteiger partial charge in [-0.3, -0.25) is 14.9 Å². The molecule has 0 aromatic heterocycles. The first-order valence-corrected chi connectivity index (χ1v) is 5.74. The van der Waals surface area contributed by atoms with Crippen LogP contribution in [-0.2, 0) is 14.3 Å². The van der Waals surface area contributed by atoms with Crippen LogP contribution in [0, 0.1) is 0 Å². The number of hydrogen-bond acceptors (Lipinski definition) is 4. The van der Waals surface area contributed by atoms with Gasteiger partial charge in [0.1, 0.15) is 0 Å². The lowest BCUT2D eigenvalue weighted by atomic mass is 10.3. The van der Waals surface area contributed by atoms with Crippen LogP contribution in [0.15, 0.2) is 28.7 Å². The van der Waals surface area contributed by atoms with Crippen molar-refractivity contribution in [1.29, 1.82) is 0 Å². The SMILES string of the molecule is COC(=O)CNCC(=O)Nc1cccc(Br)c1. The molecule has 6 heteroatoms. The molecular weight excluding hydrogens is 288 g/mol. The molecule has 17 heavy (non-hydrogen) atoms. The molecule has 92 valence electrons. The summed E-state index contributed by atoms with van der Waals surface area (Å²) >= 11 is 3.31. The van der Waals surface area contributed by atoms with Crippen molar-refractivity contribution in [3.63, 3.8) is 0 Å². The number of esters is 1. The number of methoxy groups -OCH3 is 1. The van der Waals surface area contributed by atoms with Gasteiger partial charge in [-0.15, -0.1) is 0 Å². The van der Waals surface area contributed by atoms with E-state index in [2.05, 4.69) is 31.3 Å². The zero-order valence-electron chi connectivity index (χ0n) is 9.33. The van der Waals surface area contributed by atoms with Gasteiger partial charge in [-0.05, 0) is 18.2 Å². The second kappa shape index (κ2) is 7.03. The number of halogens is 1. The number of nitrogens with one attached hydrogen (secondary N) is 2. The van der Waals surface area contributed by atoms with Crippen LogP contribution in [0.3, 0.4) is 0 Å². The molecule has 2 N–H and O–H groups in total. The maximum Gasteiger partial charge on any atom is 0.319 e. The molecule has 1 aromatic rings. The van der Waals surface area contributed by atoms with E-state index in [-0.39, 0.29) is 19.0 Å². The highest BCUT2D eigenvalue weighted by molar-refractivity contribution is 9.10. The molecule has 0 aliphatic carbocycles. The molecule has 0 saturated carbocycles. The second-order valence-corrected chi connectivity index (χ2v) is 4.15. The summed E-state index contributed by atoms with van der Waals surface area (Å²) in [5.74, 6) is -0.618. The normalized spacial score (nSPS) is 9.76. The maximum absolute atomic E-state index is 11.5. The molecule has 0 unspecified atom stereocenters. The number of hydrogen-bond donors (Lipinski definition) is 2. The minimum Gasteiger partial charge on any atom is -0.468 e. The minimum absolute atomic E-state index is 0.0163. The van der Waals surface area contributed by atoms with E-state index in [1.807, 2.05) is 12.1 Å². The summed E-state index contributed by atoms with van der Waals surface area (Å²) in [6, 6.07) is 7.26. The Morgan fingerprint density at radius 3 is 2.76 bits per heavy atom. The highest BCUT2D eigenvalue weighted by Gasteiger charge is 2.04. The number of anilines is 1. The Kier molecular flexibility index (Phi) is 5.65. The molecule has 0 radical (unpaired) electrons. The van der Waals surface area contributed by atoms with E-state index in [0.29, 0.717) is 5.69 Å². The zero-order chi connectivity index (χ0) is 12.7. The van der Waals surface area contributed by atoms with Crippen molar-refractivity contribution in [2.45, 2.75) is 0 Å². The van der Waals surface area contributed by atoms with Crippen molar-refractivity contribution in [3.05, 3.63) is 28.7 Å². The Balaban J connectivity index is 2.32. The summed E-state index contributed by atoms with van der Waals surface area (Å²) in [5, 5.41) is 5.36. The third kappa shape index (κ3) is 5.46. The Bertz CT molecular complexity index is 409. The summed E-state index contributed by atoms with van der Waals surface area (Å²) in [7, 11) is 1.30. The van der Waals surface area contributed by atoms with Crippen LogP contribution in [0.25, 0.3) is 0 Å². The molecule has 1 aromatic carbocycles. The van der Waals surface area contributed by atoms with Gasteiger partial charge in [0.05, 0.1) is 20.2 Å². The Morgan fingerprint density at radius 2 is 2.12 bits per heavy atom. The monoisotopic (exact) mass is 300 g/mol. The smallest absolute Gasteiger partial charge is 0.319 e. The van der Waals surface area contributed by atoms with Crippen molar-refractivity contribution in [1.82, 2.24) is 5.32 Å². The molecule has 0 atom stereocenters. The van der Waals surface area contributed by atoms with Crippen LogP contribution in [0.4, 0.5) is 5.69 Å². The molecule has 5 nitrogen and oxygen atoms in total. The van der Waals surface area contributed by atoms with Gasteiger partial charge in [0, 0.05) is 10.2 Å². The first-order valence-electron chi connectivity index (χ1n) is 4.95. The van der Waals surface area contributed by atoms with Gasteiger partial charge in [0.15, 0.2) is 0 Å². The number of carbonyl (C=O) groups is 2. The van der Waals surface area contributed by atoms with E-state index >= 15 is 0 Å². The van der Waals surface area contributed by atoms with Crippen molar-refractivity contribution in [3.8, 4) is 0 Å². The summed E-state index contributed by atoms with van der Waals surface area (Å²) < 4.78 is 5.31. The van der Waals surface area contributed by atoms with Crippen molar-refractivity contribution in [2.75, 3.05) is 25.5 Å². The van der Waals surface area contributed by atoms with Gasteiger partial charge in [-0.2, -0.15) is 0 Å². The largest absolute Gasteiger partial charge is 0.468 e. The van der Waals surface area contributed by atoms with Gasteiger partial charge in [0.2, 0.25) is 5.91 Å². The van der Waals surface area contributed by atoms with Gasteiger partial charge in [-0.25, -0.2) is 0 Å². The first-order chi connectivity index (χ1) is 8.11. The van der Waals surface area contributed by atoms with Crippen LogP contribution < -0.4 is 10.6 Å². The Hall–Kier alpha value is -1.40. The van der Waals surface area contributed by atoms with E-state index in [1.165, 1.54) is 7.11 Å². The van der Waals surface area contributed by atoms with Gasteiger partial charge < -0.3 is 10.1 Å². The summed E-state index contributed by atoms with van der Waals surface area (Å²) in [6.07, 6.45) is 0. The van der Waals surface area contributed by atoms with Crippen LogP contribution in [0.5, 0.6) is 0 Å². The molecule has 0 saturated heterocycles. The average Bonchev–Trinajstić information content (AvgIpc) is 2.28. The third-order valence-corrected chi connectivity index (χ3v) is 2.38. The number of ether oxygens (including phenoxy) is 1. The second-order valence-electron chi connectivity index (χ2n) is 3.24. The summed E-state index contributed by atoms with van der Waals surface area (Å²) in [5.41, 5.74) is 0.698. The number of benzene rings is 1. The number of rotatable bonds is 5. The molecule has 0 aliphatic heterocycles. The van der Waals surface area contributed by atoms with Crippen LogP contribution in [-0.4, -0.2) is 32.1 Å². The molecular formula is C11H13BrN2O3. The first kappa shape index (κ1) is 13.7. The third-order valence-electron chi connectivity index (χ3n) is 1.89. The minimum atomic E-state index is -0.403. The van der Waals surface area contributed by atoms with Gasteiger partial charge in [-0.1, -0.05) is 22.0 Å². The Labute approximate surface area is 108 Å². The van der Waals surface area contributed by atoms with Crippen molar-refractivity contribution in [2.24, 2.45) is 0 Å². The van der Waals surface area contributed by atoms with Gasteiger partial charge >= 0.3 is 5.97 Å². The van der Waals surface area contributed by atoms with E-state index in [4.69, 9.17) is 0 Å². The molecule has 0 aliphatic rings. The van der Waals surface area contributed by atoms with E-state index < -0.39 is 5.97 Å². The topological polar surface area (TPSA) is 67.4 Å². The lowest BCUT2D eigenvalue weighted by Crippen LogP contribution is -2.32. The number of amides is 1. The van der Waals surface area contributed by atoms with E-state index in [0.717, 1.165) is 4.47 Å². The molecule has 1 rings (SSSR count). The Morgan fingerprint density at radius 1 is 1.35 bits per heavy atom. The standard InChI is InChI=1S/C11H13BrN2O3/c1-17-11(16)7-13-6-10(15)14-9-4-2-3-8(12)5-9/h2-5,13H,6-7H2,1H3,(H,14,15). The molecule has 0 heterocycles. The number of carbonyl (C=O) groups excluding carboxylic acids is 2. The fourth-order valence-electron chi connectivity index (χ4n) is 1.12. The van der Waals surface area contributed by atoms with E-state index in [9.17, 15) is 9.59 Å². The van der Waals surface area contributed by atoms with Crippen molar-refractivity contribution >= 4 is 33.5 Å². The highest BCUT2D eigenvalue weighted by atomic mass is 79.9. The average molecular weight is 301 g/mol. The van der Waals surface area contributed by atoms with Crippen LogP contribution in [0.2, 0.25) is 0 Å². The van der Waals surface area contributed by atoms with E-state index in [1.54, 1.807) is 12.1 Å². The van der Waals surface area contributed by atoms with Crippen LogP contribution in [0.1, 0.15) is 0 Å². The lowest BCUT2D eigenvalue weighted by Gasteiger charge is -2.06. The molecule has 0 spiro atoms. The quantitative estimate of drug-likeness (QED) is 0.801. The zero-order valence-corrected chi connectivity index (χ0v) is 10.9. The van der Waals surface area contributed by atoms with Crippen LogP contribution >= 0.6 is 15.9 Å². The molecule has 0 bridgehead atoms. The van der Waals surface area contributed by atoms with Gasteiger partial charge in [0.25, 0.3) is 0 Å². The predicted molar refractivity (Wildman–Crippen MR) is 67.7 cm³/mol. The van der Waals surface area contributed by atoms with Crippen molar-refractivity contribution < 1.29 is 14.3 Å². The fourth-order valence-corrected chi connectivity index (χ4v) is 1.52. The molecule has 1 amide bonds. The summed E-state index contributed by atoms with van der Waals surface area (Å²) in [4.78, 5) is 22.2. The fraction of sp³-hybridized carbons (Fsp3) is 0.273. The molecule has 0 fully saturated rings. The lowest BCUT2D eigenvalue weighted by molar-refractivity contribution is -0.139.